The Labute approximate surface area is 218 Å². The summed E-state index contributed by atoms with van der Waals surface area (Å²) >= 11 is 6.53. The van der Waals surface area contributed by atoms with Gasteiger partial charge in [-0.3, -0.25) is 9.59 Å². The monoisotopic (exact) mass is 519 g/mol. The van der Waals surface area contributed by atoms with E-state index in [2.05, 4.69) is 10.5 Å². The lowest BCUT2D eigenvalue weighted by molar-refractivity contribution is -0.116. The summed E-state index contributed by atoms with van der Waals surface area (Å²) in [4.78, 5) is 26.8. The van der Waals surface area contributed by atoms with Gasteiger partial charge in [0.2, 0.25) is 5.91 Å². The highest BCUT2D eigenvalue weighted by molar-refractivity contribution is 6.35. The zero-order chi connectivity index (χ0) is 25.9. The van der Waals surface area contributed by atoms with Crippen LogP contribution in [-0.2, 0) is 16.1 Å². The molecule has 9 heteroatoms. The lowest BCUT2D eigenvalue weighted by Gasteiger charge is -2.26. The Kier molecular flexibility index (Phi) is 7.12. The van der Waals surface area contributed by atoms with Gasteiger partial charge in [0.25, 0.3) is 5.91 Å². The quantitative estimate of drug-likeness (QED) is 0.353. The average Bonchev–Trinajstić information content (AvgIpc) is 3.48. The fraction of sp³-hybridized carbons (Fsp3) is 0.250. The summed E-state index contributed by atoms with van der Waals surface area (Å²) in [6.45, 7) is 6.17. The molecule has 1 fully saturated rings. The Morgan fingerprint density at radius 2 is 1.84 bits per heavy atom. The summed E-state index contributed by atoms with van der Waals surface area (Å²) in [6.07, 6.45) is 3.12. The smallest absolute Gasteiger partial charge is 0.254 e. The van der Waals surface area contributed by atoms with E-state index in [1.807, 2.05) is 49.4 Å². The van der Waals surface area contributed by atoms with E-state index in [0.717, 1.165) is 27.8 Å². The Hall–Kier alpha value is -3.88. The van der Waals surface area contributed by atoms with Crippen LogP contribution in [0, 0.1) is 13.8 Å². The first-order valence-electron chi connectivity index (χ1n) is 12.0. The van der Waals surface area contributed by atoms with Gasteiger partial charge in [0, 0.05) is 35.7 Å². The second-order valence-corrected chi connectivity index (χ2v) is 9.27. The third kappa shape index (κ3) is 5.45. The number of halogens is 1. The van der Waals surface area contributed by atoms with Crippen molar-refractivity contribution in [3.05, 3.63) is 81.9 Å². The van der Waals surface area contributed by atoms with Crippen LogP contribution in [0.1, 0.15) is 33.1 Å². The van der Waals surface area contributed by atoms with E-state index in [0.29, 0.717) is 54.0 Å². The first-order chi connectivity index (χ1) is 17.9. The molecule has 4 aromatic rings. The number of carbonyl (C=O) groups excluding carboxylic acids is 2. The number of aromatic nitrogens is 1. The van der Waals surface area contributed by atoms with E-state index in [1.165, 1.54) is 6.08 Å². The number of hydrogen-bond donors (Lipinski definition) is 1. The minimum Gasteiger partial charge on any atom is -0.458 e. The average molecular weight is 520 g/mol. The number of hydrogen-bond acceptors (Lipinski definition) is 6. The van der Waals surface area contributed by atoms with Gasteiger partial charge in [-0.25, -0.2) is 0 Å². The molecule has 0 radical (unpaired) electrons. The summed E-state index contributed by atoms with van der Waals surface area (Å²) in [7, 11) is 0. The number of nitrogens with zero attached hydrogens (tertiary/aromatic N) is 2. The molecule has 190 valence electrons. The molecule has 0 aliphatic carbocycles. The van der Waals surface area contributed by atoms with E-state index >= 15 is 0 Å². The third-order valence-corrected chi connectivity index (χ3v) is 6.59. The van der Waals surface area contributed by atoms with Crippen LogP contribution >= 0.6 is 11.6 Å². The van der Waals surface area contributed by atoms with E-state index in [-0.39, 0.29) is 18.4 Å². The molecule has 1 N–H and O–H groups in total. The van der Waals surface area contributed by atoms with Crippen molar-refractivity contribution in [1.82, 2.24) is 15.4 Å². The van der Waals surface area contributed by atoms with Crippen molar-refractivity contribution < 1.29 is 23.3 Å². The molecular weight excluding hydrogens is 494 g/mol. The van der Waals surface area contributed by atoms with Gasteiger partial charge in [0.05, 0.1) is 30.5 Å². The number of benzene rings is 2. The first-order valence-corrected chi connectivity index (χ1v) is 12.3. The second kappa shape index (κ2) is 10.6. The molecule has 5 rings (SSSR count). The normalized spacial score (nSPS) is 14.0. The zero-order valence-electron chi connectivity index (χ0n) is 20.5. The molecule has 2 amide bonds. The molecule has 0 atom stereocenters. The fourth-order valence-corrected chi connectivity index (χ4v) is 4.56. The van der Waals surface area contributed by atoms with Gasteiger partial charge < -0.3 is 23.9 Å². The molecular formula is C28H26ClN3O5. The summed E-state index contributed by atoms with van der Waals surface area (Å²) in [6, 6.07) is 13.2. The predicted octanol–water partition coefficient (Wildman–Crippen LogP) is 5.16. The molecule has 8 nitrogen and oxygen atoms in total. The number of rotatable bonds is 6. The van der Waals surface area contributed by atoms with Crippen LogP contribution in [0.5, 0.6) is 0 Å². The van der Waals surface area contributed by atoms with Crippen LogP contribution in [0.4, 0.5) is 0 Å². The predicted molar refractivity (Wildman–Crippen MR) is 140 cm³/mol. The highest BCUT2D eigenvalue weighted by atomic mass is 35.5. The van der Waals surface area contributed by atoms with Gasteiger partial charge >= 0.3 is 0 Å². The molecule has 0 bridgehead atoms. The fourth-order valence-electron chi connectivity index (χ4n) is 4.29. The highest BCUT2D eigenvalue weighted by Crippen LogP contribution is 2.33. The van der Waals surface area contributed by atoms with Crippen molar-refractivity contribution in [1.29, 1.82) is 0 Å². The number of morpholine rings is 1. The third-order valence-electron chi connectivity index (χ3n) is 6.31. The van der Waals surface area contributed by atoms with Gasteiger partial charge in [-0.1, -0.05) is 28.9 Å². The standard InChI is InChI=1S/C28H26ClN3O5/c1-17-24(18(2)37-31-17)7-8-26(33)30-16-23-14-22-13-21(15-25(29)27(22)36-23)19-3-5-20(6-4-19)28(34)32-9-11-35-12-10-32/h3-8,13-15H,9-12,16H2,1-2H3,(H,30,33). The molecule has 3 heterocycles. The molecule has 1 aliphatic rings. The minimum atomic E-state index is -0.265. The van der Waals surface area contributed by atoms with E-state index in [9.17, 15) is 9.59 Å². The minimum absolute atomic E-state index is 0.00593. The van der Waals surface area contributed by atoms with Crippen molar-refractivity contribution in [3.63, 3.8) is 0 Å². The van der Waals surface area contributed by atoms with Gasteiger partial charge in [0.1, 0.15) is 11.5 Å². The van der Waals surface area contributed by atoms with Crippen LogP contribution in [-0.4, -0.2) is 48.2 Å². The Morgan fingerprint density at radius 3 is 2.54 bits per heavy atom. The second-order valence-electron chi connectivity index (χ2n) is 8.86. The summed E-state index contributed by atoms with van der Waals surface area (Å²) < 4.78 is 16.3. The van der Waals surface area contributed by atoms with Crippen LogP contribution in [0.25, 0.3) is 28.2 Å². The van der Waals surface area contributed by atoms with E-state index < -0.39 is 0 Å². The van der Waals surface area contributed by atoms with Gasteiger partial charge in [-0.2, -0.15) is 0 Å². The first kappa shape index (κ1) is 24.8. The Balaban J connectivity index is 1.27. The summed E-state index contributed by atoms with van der Waals surface area (Å²) in [5.74, 6) is 0.979. The number of carbonyl (C=O) groups is 2. The molecule has 0 spiro atoms. The van der Waals surface area contributed by atoms with Gasteiger partial charge in [-0.05, 0) is 61.4 Å². The van der Waals surface area contributed by atoms with E-state index in [4.69, 9.17) is 25.3 Å². The number of ether oxygens (including phenoxy) is 1. The van der Waals surface area contributed by atoms with Gasteiger partial charge in [0.15, 0.2) is 5.58 Å². The van der Waals surface area contributed by atoms with Crippen LogP contribution in [0.3, 0.4) is 0 Å². The van der Waals surface area contributed by atoms with Crippen molar-refractivity contribution in [2.24, 2.45) is 0 Å². The molecule has 0 saturated carbocycles. The molecule has 0 unspecified atom stereocenters. The number of furan rings is 1. The van der Waals surface area contributed by atoms with Crippen molar-refractivity contribution >= 4 is 40.5 Å². The molecule has 37 heavy (non-hydrogen) atoms. The topological polar surface area (TPSA) is 97.8 Å². The number of amides is 2. The number of aryl methyl sites for hydroxylation is 2. The molecule has 1 aliphatic heterocycles. The number of nitrogens with one attached hydrogen (secondary N) is 1. The maximum Gasteiger partial charge on any atom is 0.254 e. The SMILES string of the molecule is Cc1noc(C)c1C=CC(=O)NCc1cc2cc(-c3ccc(C(=O)N4CCOCC4)cc3)cc(Cl)c2o1. The Morgan fingerprint density at radius 1 is 1.08 bits per heavy atom. The van der Waals surface area contributed by atoms with Crippen LogP contribution in [0.15, 0.2) is 57.5 Å². The number of fused-ring (bicyclic) bond motifs is 1. The van der Waals surface area contributed by atoms with Crippen LogP contribution in [0.2, 0.25) is 5.02 Å². The lowest BCUT2D eigenvalue weighted by Crippen LogP contribution is -2.40. The molecule has 1 saturated heterocycles. The van der Waals surface area contributed by atoms with Crippen molar-refractivity contribution in [3.8, 4) is 11.1 Å². The highest BCUT2D eigenvalue weighted by Gasteiger charge is 2.18. The van der Waals surface area contributed by atoms with E-state index in [1.54, 1.807) is 17.9 Å². The molecule has 2 aromatic heterocycles. The van der Waals surface area contributed by atoms with Gasteiger partial charge in [-0.15, -0.1) is 0 Å². The summed E-state index contributed by atoms with van der Waals surface area (Å²) in [5, 5.41) is 7.98. The molecule has 2 aromatic carbocycles. The maximum absolute atomic E-state index is 12.7. The van der Waals surface area contributed by atoms with Crippen molar-refractivity contribution in [2.75, 3.05) is 26.3 Å². The maximum atomic E-state index is 12.7. The lowest BCUT2D eigenvalue weighted by atomic mass is 10.0. The summed E-state index contributed by atoms with van der Waals surface area (Å²) in [5.41, 5.74) is 4.55. The Bertz CT molecular complexity index is 1460. The van der Waals surface area contributed by atoms with Crippen LogP contribution < -0.4 is 5.32 Å². The largest absolute Gasteiger partial charge is 0.458 e. The zero-order valence-corrected chi connectivity index (χ0v) is 21.3. The van der Waals surface area contributed by atoms with Crippen molar-refractivity contribution in [2.45, 2.75) is 20.4 Å².